The zero-order valence-corrected chi connectivity index (χ0v) is 34.5. The van der Waals surface area contributed by atoms with Crippen molar-refractivity contribution in [3.8, 4) is 40.1 Å². The van der Waals surface area contributed by atoms with Gasteiger partial charge in [-0.05, 0) is 42.0 Å². The maximum Gasteiger partial charge on any atom is 0.331 e. The molecule has 0 radical (unpaired) electrons. The fourth-order valence-electron chi connectivity index (χ4n) is 7.88. The Morgan fingerprint density at radius 1 is 0.667 bits per heavy atom. The molecule has 7 rings (SSSR count). The summed E-state index contributed by atoms with van der Waals surface area (Å²) in [5, 5.41) is 138. The summed E-state index contributed by atoms with van der Waals surface area (Å²) < 4.78 is 45.9. The average Bonchev–Trinajstić information content (AvgIpc) is 3.29. The Hall–Kier alpha value is -5.48. The highest BCUT2D eigenvalue weighted by Gasteiger charge is 2.56. The number of aliphatic hydroxyl groups is 9. The van der Waals surface area contributed by atoms with Crippen LogP contribution < -0.4 is 10.2 Å². The molecular formula is C43H48O23. The van der Waals surface area contributed by atoms with Crippen molar-refractivity contribution in [2.24, 2.45) is 0 Å². The molecule has 3 aromatic carbocycles. The van der Waals surface area contributed by atoms with Crippen molar-refractivity contribution in [2.45, 2.75) is 91.9 Å². The van der Waals surface area contributed by atoms with Crippen LogP contribution in [-0.2, 0) is 33.2 Å². The third-order valence-corrected chi connectivity index (χ3v) is 11.4. The minimum Gasteiger partial charge on any atom is -0.508 e. The summed E-state index contributed by atoms with van der Waals surface area (Å²) in [5.41, 5.74) is -1.27. The molecule has 4 heterocycles. The lowest BCUT2D eigenvalue weighted by Crippen LogP contribution is -2.66. The molecule has 4 aromatic rings. The Bertz CT molecular complexity index is 2420. The zero-order chi connectivity index (χ0) is 47.7. The third kappa shape index (κ3) is 9.53. The van der Waals surface area contributed by atoms with E-state index in [1.165, 1.54) is 55.7 Å². The highest BCUT2D eigenvalue weighted by molar-refractivity contribution is 5.89. The molecular weight excluding hydrogens is 884 g/mol. The Morgan fingerprint density at radius 2 is 1.29 bits per heavy atom. The number of phenolic OH excluding ortho intramolecular Hbond substituents is 4. The fourth-order valence-corrected chi connectivity index (χ4v) is 7.88. The van der Waals surface area contributed by atoms with Crippen molar-refractivity contribution in [3.05, 3.63) is 82.0 Å². The van der Waals surface area contributed by atoms with E-state index < -0.39 is 146 Å². The number of hydrogen-bond donors (Lipinski definition) is 13. The van der Waals surface area contributed by atoms with Gasteiger partial charge in [0.1, 0.15) is 107 Å². The first-order valence-corrected chi connectivity index (χ1v) is 20.3. The zero-order valence-electron chi connectivity index (χ0n) is 34.5. The lowest BCUT2D eigenvalue weighted by molar-refractivity contribution is -0.382. The van der Waals surface area contributed by atoms with Crippen LogP contribution in [0.5, 0.6) is 28.7 Å². The number of benzene rings is 3. The molecule has 13 N–H and O–H groups in total. The summed E-state index contributed by atoms with van der Waals surface area (Å²) in [6.07, 6.45) is -26.9. The van der Waals surface area contributed by atoms with Crippen LogP contribution in [0.1, 0.15) is 17.2 Å². The Labute approximate surface area is 372 Å². The van der Waals surface area contributed by atoms with Crippen LogP contribution in [0.25, 0.3) is 28.4 Å². The van der Waals surface area contributed by atoms with Crippen LogP contribution in [0, 0.1) is 0 Å². The second-order valence-electron chi connectivity index (χ2n) is 15.6. The number of esters is 1. The number of ether oxygens (including phenoxy) is 7. The number of rotatable bonds is 13. The van der Waals surface area contributed by atoms with Gasteiger partial charge in [0.15, 0.2) is 35.6 Å². The molecule has 0 bridgehead atoms. The van der Waals surface area contributed by atoms with Crippen LogP contribution in [0.4, 0.5) is 0 Å². The van der Waals surface area contributed by atoms with Gasteiger partial charge in [-0.1, -0.05) is 12.1 Å². The number of carbonyl (C=O) groups excluding carboxylic acids is 1. The van der Waals surface area contributed by atoms with Gasteiger partial charge < -0.3 is 104 Å². The predicted octanol–water partition coefficient (Wildman–Crippen LogP) is -2.28. The van der Waals surface area contributed by atoms with Crippen molar-refractivity contribution >= 4 is 23.0 Å². The molecule has 0 unspecified atom stereocenters. The normalized spacial score (nSPS) is 32.7. The molecule has 0 saturated carbocycles. The number of methoxy groups -OCH3 is 1. The van der Waals surface area contributed by atoms with E-state index >= 15 is 0 Å². The Kier molecular flexibility index (Phi) is 14.8. The number of hydrogen-bond acceptors (Lipinski definition) is 23. The van der Waals surface area contributed by atoms with Crippen LogP contribution in [0.15, 0.2) is 69.9 Å². The van der Waals surface area contributed by atoms with Crippen molar-refractivity contribution in [3.63, 3.8) is 0 Å². The first kappa shape index (κ1) is 48.5. The minimum absolute atomic E-state index is 0.0320. The first-order chi connectivity index (χ1) is 31.5. The number of carbonyl (C=O) groups is 1. The molecule has 0 spiro atoms. The van der Waals surface area contributed by atoms with Crippen LogP contribution in [0.2, 0.25) is 0 Å². The lowest BCUT2D eigenvalue weighted by Gasteiger charge is -2.49. The van der Waals surface area contributed by atoms with Crippen molar-refractivity contribution in [2.75, 3.05) is 26.9 Å². The van der Waals surface area contributed by atoms with E-state index in [4.69, 9.17) is 37.6 Å². The summed E-state index contributed by atoms with van der Waals surface area (Å²) >= 11 is 0. The van der Waals surface area contributed by atoms with E-state index in [2.05, 4.69) is 0 Å². The monoisotopic (exact) mass is 932 g/mol. The van der Waals surface area contributed by atoms with Gasteiger partial charge in [0.25, 0.3) is 0 Å². The summed E-state index contributed by atoms with van der Waals surface area (Å²) in [4.78, 5) is 27.5. The smallest absolute Gasteiger partial charge is 0.331 e. The summed E-state index contributed by atoms with van der Waals surface area (Å²) in [7, 11) is 1.30. The van der Waals surface area contributed by atoms with E-state index in [-0.39, 0.29) is 34.2 Å². The largest absolute Gasteiger partial charge is 0.508 e. The predicted molar refractivity (Wildman–Crippen MR) is 218 cm³/mol. The molecule has 3 fully saturated rings. The standard InChI is InChI=1S/C43H48O23/c1-59-23-10-17(5-8-19(23)48)22-11-20(49)29-24(60-22)12-21(50)30(34(29)55)38-41(64-28(51)9-4-16-2-6-18(47)7-3-16)39(33(54)27(15-46)61-38)65-43-40(36(57)32(53)26(14-45)63-43)66-42-37(58)35(56)31(52)25(13-44)62-42/h2-12,25-27,31-33,35-48,50,52-58H,13-15H2,1H3/b9-4-/t25-,26+,27-,31-,32+,33+,35-,36-,37+,38+,39-,40+,41-,42+,43-/m1/s1. The number of aliphatic hydroxyl groups excluding tert-OH is 9. The van der Waals surface area contributed by atoms with E-state index in [0.29, 0.717) is 5.56 Å². The van der Waals surface area contributed by atoms with E-state index in [0.717, 1.165) is 18.2 Å². The quantitative estimate of drug-likeness (QED) is 0.0496. The summed E-state index contributed by atoms with van der Waals surface area (Å²) in [5.74, 6) is -3.38. The maximum atomic E-state index is 13.8. The van der Waals surface area contributed by atoms with Gasteiger partial charge in [-0.15, -0.1) is 0 Å². The molecule has 3 saturated heterocycles. The Balaban J connectivity index is 1.31. The molecule has 0 aliphatic carbocycles. The molecule has 23 nitrogen and oxygen atoms in total. The topological polar surface area (TPSA) is 375 Å². The summed E-state index contributed by atoms with van der Waals surface area (Å²) in [6.45, 7) is -2.87. The second-order valence-corrected chi connectivity index (χ2v) is 15.6. The van der Waals surface area contributed by atoms with Crippen LogP contribution in [0.3, 0.4) is 0 Å². The van der Waals surface area contributed by atoms with Crippen molar-refractivity contribution in [1.29, 1.82) is 0 Å². The van der Waals surface area contributed by atoms with Crippen molar-refractivity contribution in [1.82, 2.24) is 0 Å². The highest BCUT2D eigenvalue weighted by atomic mass is 16.8. The second kappa shape index (κ2) is 20.2. The molecule has 66 heavy (non-hydrogen) atoms. The first-order valence-electron chi connectivity index (χ1n) is 20.3. The van der Waals surface area contributed by atoms with Crippen LogP contribution in [-0.4, -0.2) is 185 Å². The van der Waals surface area contributed by atoms with Gasteiger partial charge in [0.2, 0.25) is 0 Å². The van der Waals surface area contributed by atoms with Crippen LogP contribution >= 0.6 is 0 Å². The van der Waals surface area contributed by atoms with Gasteiger partial charge in [-0.3, -0.25) is 4.79 Å². The van der Waals surface area contributed by atoms with Gasteiger partial charge in [0, 0.05) is 23.8 Å². The average molecular weight is 933 g/mol. The lowest BCUT2D eigenvalue weighted by atomic mass is 9.88. The minimum atomic E-state index is -2.11. The SMILES string of the molecule is COc1cc(-c2cc(=O)c3c(O)c([C@@H]4O[C@H](CO)[C@H](O)[C@@H](O[C@H]5O[C@@H](CO)[C@H](O)[C@@H](O)[C@@H]5O[C@@H]5O[C@H](CO)[C@@H](O)[C@@H](O)[C@@H]5O)[C@@H]4OC(=O)/C=C\c4ccc(O)cc4)c(O)cc3o2)ccc1O. The van der Waals surface area contributed by atoms with E-state index in [1.807, 2.05) is 0 Å². The highest BCUT2D eigenvalue weighted by Crippen LogP contribution is 2.47. The third-order valence-electron chi connectivity index (χ3n) is 11.4. The van der Waals surface area contributed by atoms with Crippen molar-refractivity contribution < 1.29 is 109 Å². The molecule has 15 atom stereocenters. The Morgan fingerprint density at radius 3 is 1.94 bits per heavy atom. The molecule has 3 aliphatic rings. The van der Waals surface area contributed by atoms with E-state index in [1.54, 1.807) is 0 Å². The number of aromatic hydroxyl groups is 4. The number of phenols is 4. The van der Waals surface area contributed by atoms with Gasteiger partial charge in [0.05, 0.1) is 32.5 Å². The molecule has 358 valence electrons. The van der Waals surface area contributed by atoms with Gasteiger partial charge >= 0.3 is 5.97 Å². The van der Waals surface area contributed by atoms with Gasteiger partial charge in [-0.2, -0.15) is 0 Å². The molecule has 0 amide bonds. The molecule has 23 heteroatoms. The summed E-state index contributed by atoms with van der Waals surface area (Å²) in [6, 6.07) is 11.5. The van der Waals surface area contributed by atoms with E-state index in [9.17, 15) is 76.0 Å². The number of fused-ring (bicyclic) bond motifs is 1. The van der Waals surface area contributed by atoms with Gasteiger partial charge in [-0.25, -0.2) is 4.79 Å². The maximum absolute atomic E-state index is 13.8. The fraction of sp³-hybridized carbons (Fsp3) is 0.442. The molecule has 3 aliphatic heterocycles. The molecule has 1 aromatic heterocycles.